The van der Waals surface area contributed by atoms with E-state index in [1.807, 2.05) is 0 Å². The zero-order valence-electron chi connectivity index (χ0n) is 37.4. The van der Waals surface area contributed by atoms with Crippen molar-refractivity contribution in [3.05, 3.63) is 70.8 Å². The van der Waals surface area contributed by atoms with Gasteiger partial charge in [0.15, 0.2) is 58.2 Å². The number of benzene rings is 4. The molecule has 0 aromatic heterocycles. The van der Waals surface area contributed by atoms with E-state index in [4.69, 9.17) is 75.8 Å². The van der Waals surface area contributed by atoms with Gasteiger partial charge in [0.2, 0.25) is 23.0 Å². The minimum absolute atomic E-state index is 0.0657. The first-order chi connectivity index (χ1) is 30.8. The lowest BCUT2D eigenvalue weighted by molar-refractivity contribution is -0.0753. The maximum Gasteiger partial charge on any atom is 0.338 e. The van der Waals surface area contributed by atoms with Gasteiger partial charge in [-0.2, -0.15) is 0 Å². The number of rotatable bonds is 23. The monoisotopic (exact) mass is 898 g/mol. The normalized spacial score (nSPS) is 11.4. The smallest absolute Gasteiger partial charge is 0.338 e. The number of hydrogen-bond acceptors (Lipinski definition) is 20. The van der Waals surface area contributed by atoms with Gasteiger partial charge < -0.3 is 75.8 Å². The van der Waals surface area contributed by atoms with Gasteiger partial charge in [0.05, 0.1) is 108 Å². The summed E-state index contributed by atoms with van der Waals surface area (Å²) < 4.78 is 88.1. The van der Waals surface area contributed by atoms with Gasteiger partial charge in [-0.25, -0.2) is 19.2 Å². The van der Waals surface area contributed by atoms with Crippen LogP contribution in [0.3, 0.4) is 0 Å². The first kappa shape index (κ1) is 49.0. The molecule has 2 atom stereocenters. The second kappa shape index (κ2) is 23.0. The van der Waals surface area contributed by atoms with Crippen LogP contribution < -0.4 is 56.8 Å². The van der Waals surface area contributed by atoms with Crippen molar-refractivity contribution < 1.29 is 95.0 Å². The molecule has 4 rings (SSSR count). The highest BCUT2D eigenvalue weighted by Gasteiger charge is 2.35. The van der Waals surface area contributed by atoms with E-state index in [-0.39, 0.29) is 91.2 Å². The average Bonchev–Trinajstić information content (AvgIpc) is 3.33. The average molecular weight is 899 g/mol. The number of carbonyl (C=O) groups is 4. The van der Waals surface area contributed by atoms with Crippen LogP contribution in [-0.2, 0) is 18.9 Å². The summed E-state index contributed by atoms with van der Waals surface area (Å²) in [4.78, 5) is 55.7. The number of ether oxygens (including phenoxy) is 16. The minimum Gasteiger partial charge on any atom is -0.493 e. The first-order valence-corrected chi connectivity index (χ1v) is 18.8. The van der Waals surface area contributed by atoms with Gasteiger partial charge in [0.1, 0.15) is 13.2 Å². The molecule has 0 spiro atoms. The zero-order chi connectivity index (χ0) is 47.1. The van der Waals surface area contributed by atoms with Crippen molar-refractivity contribution >= 4 is 23.9 Å². The van der Waals surface area contributed by atoms with Crippen molar-refractivity contribution in [1.82, 2.24) is 0 Å². The maximum absolute atomic E-state index is 14.1. The van der Waals surface area contributed by atoms with Crippen LogP contribution in [-0.4, -0.2) is 135 Å². The summed E-state index contributed by atoms with van der Waals surface area (Å²) in [6.45, 7) is -1.58. The van der Waals surface area contributed by atoms with E-state index < -0.39 is 49.3 Å². The molecule has 0 heterocycles. The summed E-state index contributed by atoms with van der Waals surface area (Å²) in [5.41, 5.74) is -0.382. The molecule has 4 aromatic carbocycles. The van der Waals surface area contributed by atoms with Crippen LogP contribution in [0, 0.1) is 0 Å². The van der Waals surface area contributed by atoms with Gasteiger partial charge in [0.25, 0.3) is 0 Å². The Kier molecular flexibility index (Phi) is 17.6. The Bertz CT molecular complexity index is 2030. The molecule has 0 amide bonds. The van der Waals surface area contributed by atoms with Crippen molar-refractivity contribution in [1.29, 1.82) is 0 Å². The van der Waals surface area contributed by atoms with Crippen molar-refractivity contribution in [2.45, 2.75) is 12.2 Å². The van der Waals surface area contributed by atoms with Crippen LogP contribution in [0.25, 0.3) is 0 Å². The second-order valence-electron chi connectivity index (χ2n) is 12.7. The van der Waals surface area contributed by atoms with Crippen LogP contribution in [0.4, 0.5) is 0 Å². The summed E-state index contributed by atoms with van der Waals surface area (Å²) >= 11 is 0. The maximum atomic E-state index is 14.1. The van der Waals surface area contributed by atoms with E-state index in [9.17, 15) is 19.2 Å². The predicted octanol–water partition coefficient (Wildman–Crippen LogP) is 5.25. The first-order valence-electron chi connectivity index (χ1n) is 18.8. The van der Waals surface area contributed by atoms with Crippen molar-refractivity contribution in [3.63, 3.8) is 0 Å². The number of hydrogen-bond donors (Lipinski definition) is 0. The van der Waals surface area contributed by atoms with E-state index in [1.54, 1.807) is 0 Å². The summed E-state index contributed by atoms with van der Waals surface area (Å²) in [6, 6.07) is 10.6. The molecule has 4 aromatic rings. The molecule has 0 bridgehead atoms. The van der Waals surface area contributed by atoms with Gasteiger partial charge in [-0.05, 0) is 48.5 Å². The molecular weight excluding hydrogens is 848 g/mol. The molecule has 346 valence electrons. The van der Waals surface area contributed by atoms with E-state index in [1.165, 1.54) is 134 Å². The van der Waals surface area contributed by atoms with E-state index in [0.717, 1.165) is 0 Å². The van der Waals surface area contributed by atoms with E-state index in [2.05, 4.69) is 0 Å². The van der Waals surface area contributed by atoms with Gasteiger partial charge in [0, 0.05) is 0 Å². The van der Waals surface area contributed by atoms with Gasteiger partial charge in [-0.1, -0.05) is 0 Å². The lowest BCUT2D eigenvalue weighted by Crippen LogP contribution is -2.42. The summed E-state index contributed by atoms with van der Waals surface area (Å²) in [5.74, 6) is -2.32. The summed E-state index contributed by atoms with van der Waals surface area (Å²) in [7, 11) is 16.4. The number of carbonyl (C=O) groups excluding carboxylic acids is 4. The van der Waals surface area contributed by atoms with Gasteiger partial charge >= 0.3 is 23.9 Å². The minimum atomic E-state index is -1.71. The van der Waals surface area contributed by atoms with E-state index in [0.29, 0.717) is 0 Å². The predicted molar refractivity (Wildman–Crippen MR) is 223 cm³/mol. The standard InChI is InChI=1S/C44H50O20/c1-49-27-13-23(14-28(50-2)37(27)57-9)41(45)61-21-35(63-43(47)25-17-31(53-5)39(59-11)32(18-25)54-6)36(64-44(48)26-19-33(55-7)40(60-12)34(20-26)56-8)22-62-42(46)24-15-29(51-3)38(58-10)30(16-24)52-4/h13-20,35-36H,21-22H2,1-12H3/t35-,36-/m0/s1. The Morgan fingerprint density at radius 1 is 0.312 bits per heavy atom. The fraction of sp³-hybridized carbons (Fsp3) is 0.364. The SMILES string of the molecule is COc1cc(C(=O)OC[C@H](OC(=O)c2cc(OC)c(OC)c(OC)c2)[C@H](COC(=O)c2cc(OC)c(OC)c(OC)c2)OC(=O)c2cc(OC)c(OC)c(OC)c2)cc(OC)c1OC. The quantitative estimate of drug-likeness (QED) is 0.0686. The van der Waals surface area contributed by atoms with Crippen LogP contribution in [0.15, 0.2) is 48.5 Å². The molecule has 64 heavy (non-hydrogen) atoms. The molecule has 0 N–H and O–H groups in total. The molecule has 0 saturated heterocycles. The molecule has 0 unspecified atom stereocenters. The highest BCUT2D eigenvalue weighted by atomic mass is 16.6. The third kappa shape index (κ3) is 11.0. The summed E-state index contributed by atoms with van der Waals surface area (Å²) in [6.07, 6.45) is -3.42. The fourth-order valence-electron chi connectivity index (χ4n) is 6.12. The second-order valence-corrected chi connectivity index (χ2v) is 12.7. The van der Waals surface area contributed by atoms with Crippen molar-refractivity contribution in [2.24, 2.45) is 0 Å². The zero-order valence-corrected chi connectivity index (χ0v) is 37.4. The molecule has 0 aliphatic heterocycles. The molecular formula is C44H50O20. The molecule has 0 radical (unpaired) electrons. The molecule has 20 heteroatoms. The summed E-state index contributed by atoms with van der Waals surface area (Å²) in [5, 5.41) is 0. The molecule has 0 fully saturated rings. The third-order valence-electron chi connectivity index (χ3n) is 9.29. The van der Waals surface area contributed by atoms with Crippen molar-refractivity contribution in [2.75, 3.05) is 98.5 Å². The Morgan fingerprint density at radius 3 is 0.672 bits per heavy atom. The molecule has 20 nitrogen and oxygen atoms in total. The third-order valence-corrected chi connectivity index (χ3v) is 9.29. The Morgan fingerprint density at radius 2 is 0.500 bits per heavy atom. The van der Waals surface area contributed by atoms with Crippen LogP contribution in [0.1, 0.15) is 41.4 Å². The molecule has 0 aliphatic rings. The highest BCUT2D eigenvalue weighted by Crippen LogP contribution is 2.42. The van der Waals surface area contributed by atoms with Crippen LogP contribution in [0.5, 0.6) is 69.0 Å². The Hall–Kier alpha value is -7.64. The molecule has 0 aliphatic carbocycles. The highest BCUT2D eigenvalue weighted by molar-refractivity contribution is 5.94. The van der Waals surface area contributed by atoms with E-state index >= 15 is 0 Å². The Labute approximate surface area is 368 Å². The number of esters is 4. The van der Waals surface area contributed by atoms with Gasteiger partial charge in [-0.15, -0.1) is 0 Å². The molecule has 0 saturated carbocycles. The topological polar surface area (TPSA) is 216 Å². The van der Waals surface area contributed by atoms with Crippen LogP contribution >= 0.6 is 0 Å². The van der Waals surface area contributed by atoms with Crippen molar-refractivity contribution in [3.8, 4) is 69.0 Å². The lowest BCUT2D eigenvalue weighted by atomic mass is 10.1. The van der Waals surface area contributed by atoms with Crippen LogP contribution in [0.2, 0.25) is 0 Å². The number of methoxy groups -OCH3 is 12. The largest absolute Gasteiger partial charge is 0.493 e. The lowest BCUT2D eigenvalue weighted by Gasteiger charge is -2.27. The van der Waals surface area contributed by atoms with Gasteiger partial charge in [-0.3, -0.25) is 0 Å². The fourth-order valence-corrected chi connectivity index (χ4v) is 6.12. The Balaban J connectivity index is 1.85.